The van der Waals surface area contributed by atoms with Crippen LogP contribution in [0.15, 0.2) is 179 Å². The molecule has 1 spiro atoms. The van der Waals surface area contributed by atoms with E-state index in [1.807, 2.05) is 60.3 Å². The van der Waals surface area contributed by atoms with E-state index in [-0.39, 0.29) is 0 Å². The number of nitrogens with zero attached hydrogens (tertiary/aromatic N) is 3. The van der Waals surface area contributed by atoms with E-state index in [1.54, 1.807) is 11.3 Å². The minimum atomic E-state index is -0.564. The first-order valence-corrected chi connectivity index (χ1v) is 19.7. The van der Waals surface area contributed by atoms with Crippen molar-refractivity contribution in [2.75, 3.05) is 5.73 Å². The summed E-state index contributed by atoms with van der Waals surface area (Å²) >= 11 is 3.64. The Morgan fingerprint density at radius 2 is 1.04 bits per heavy atom. The molecule has 1 unspecified atom stereocenters. The van der Waals surface area contributed by atoms with Crippen molar-refractivity contribution in [1.82, 2.24) is 15.0 Å². The molecular formula is C48H30N4S2. The molecule has 54 heavy (non-hydrogen) atoms. The molecule has 0 bridgehead atoms. The molecule has 3 heterocycles. The van der Waals surface area contributed by atoms with Gasteiger partial charge in [0.15, 0.2) is 17.5 Å². The van der Waals surface area contributed by atoms with Gasteiger partial charge < -0.3 is 5.73 Å². The predicted molar refractivity (Wildman–Crippen MR) is 223 cm³/mol. The molecule has 11 rings (SSSR count). The van der Waals surface area contributed by atoms with E-state index in [1.165, 1.54) is 64.4 Å². The van der Waals surface area contributed by atoms with Gasteiger partial charge in [-0.05, 0) is 80.7 Å². The van der Waals surface area contributed by atoms with E-state index < -0.39 is 5.41 Å². The standard InChI is InChI=1S/C48H30N4S2/c49-33-22-19-29(20-23-33)35-28-53-42-26-24-38-43(44(35)42)34-15-7-8-16-36(34)48(38)37-17-9-10-18-40(37)54-41-25-21-32(27-39(41)48)47-51-45(30-11-3-1-4-12-30)50-46(52-47)31-13-5-2-6-14-31/h1-28H,49H2. The fourth-order valence-corrected chi connectivity index (χ4v) is 10.6. The third-order valence-corrected chi connectivity index (χ3v) is 12.9. The van der Waals surface area contributed by atoms with Crippen LogP contribution >= 0.6 is 23.1 Å². The summed E-state index contributed by atoms with van der Waals surface area (Å²) in [7, 11) is 0. The van der Waals surface area contributed by atoms with Crippen LogP contribution in [0.4, 0.5) is 5.69 Å². The highest BCUT2D eigenvalue weighted by molar-refractivity contribution is 7.99. The maximum absolute atomic E-state index is 6.15. The van der Waals surface area contributed by atoms with Crippen molar-refractivity contribution in [3.63, 3.8) is 0 Å². The molecule has 0 saturated carbocycles. The number of hydrogen-bond donors (Lipinski definition) is 1. The second-order valence-electron chi connectivity index (χ2n) is 13.8. The molecule has 0 saturated heterocycles. The maximum atomic E-state index is 6.15. The summed E-state index contributed by atoms with van der Waals surface area (Å²) in [4.78, 5) is 17.8. The van der Waals surface area contributed by atoms with Crippen LogP contribution in [0.1, 0.15) is 22.3 Å². The molecular weight excluding hydrogens is 697 g/mol. The highest BCUT2D eigenvalue weighted by Crippen LogP contribution is 2.64. The molecule has 4 nitrogen and oxygen atoms in total. The van der Waals surface area contributed by atoms with E-state index >= 15 is 0 Å². The summed E-state index contributed by atoms with van der Waals surface area (Å²) < 4.78 is 1.27. The van der Waals surface area contributed by atoms with Crippen LogP contribution in [0, 0.1) is 0 Å². The van der Waals surface area contributed by atoms with Gasteiger partial charge in [-0.2, -0.15) is 0 Å². The van der Waals surface area contributed by atoms with Crippen LogP contribution in [-0.2, 0) is 5.41 Å². The quantitative estimate of drug-likeness (QED) is 0.183. The van der Waals surface area contributed by atoms with E-state index in [2.05, 4.69) is 121 Å². The van der Waals surface area contributed by atoms with Gasteiger partial charge in [-0.15, -0.1) is 11.3 Å². The van der Waals surface area contributed by atoms with Crippen LogP contribution < -0.4 is 5.73 Å². The number of aromatic nitrogens is 3. The summed E-state index contributed by atoms with van der Waals surface area (Å²) in [5.74, 6) is 1.95. The molecule has 7 aromatic carbocycles. The first-order valence-electron chi connectivity index (χ1n) is 18.0. The summed E-state index contributed by atoms with van der Waals surface area (Å²) in [5.41, 5.74) is 19.3. The maximum Gasteiger partial charge on any atom is 0.164 e. The van der Waals surface area contributed by atoms with Crippen molar-refractivity contribution >= 4 is 38.9 Å². The third kappa shape index (κ3) is 4.60. The van der Waals surface area contributed by atoms with Gasteiger partial charge in [-0.25, -0.2) is 15.0 Å². The lowest BCUT2D eigenvalue weighted by Crippen LogP contribution is -2.32. The Hall–Kier alpha value is -6.34. The van der Waals surface area contributed by atoms with Crippen LogP contribution in [0.2, 0.25) is 0 Å². The molecule has 2 aliphatic rings. The largest absolute Gasteiger partial charge is 0.399 e. The summed E-state index contributed by atoms with van der Waals surface area (Å²) in [6.45, 7) is 0. The van der Waals surface area contributed by atoms with E-state index in [0.717, 1.165) is 22.4 Å². The van der Waals surface area contributed by atoms with E-state index in [9.17, 15) is 0 Å². The SMILES string of the molecule is Nc1ccc(-c2csc3ccc4c(c23)-c2ccccc2C42c3ccccc3Sc3ccc(-c4nc(-c5ccccc5)nc(-c5ccccc5)n4)cc32)cc1. The fraction of sp³-hybridized carbons (Fsp3) is 0.0208. The number of nitrogens with two attached hydrogens (primary N) is 1. The Morgan fingerprint density at radius 3 is 1.76 bits per heavy atom. The number of hydrogen-bond acceptors (Lipinski definition) is 6. The Morgan fingerprint density at radius 1 is 0.444 bits per heavy atom. The minimum Gasteiger partial charge on any atom is -0.399 e. The Kier molecular flexibility index (Phi) is 6.99. The lowest BCUT2D eigenvalue weighted by Gasteiger charge is -2.40. The minimum absolute atomic E-state index is 0.564. The van der Waals surface area contributed by atoms with Crippen molar-refractivity contribution in [3.05, 3.63) is 191 Å². The van der Waals surface area contributed by atoms with Crippen LogP contribution in [0.25, 0.3) is 66.5 Å². The molecule has 0 amide bonds. The molecule has 1 aliphatic carbocycles. The zero-order chi connectivity index (χ0) is 35.8. The van der Waals surface area contributed by atoms with Gasteiger partial charge >= 0.3 is 0 Å². The highest BCUT2D eigenvalue weighted by atomic mass is 32.2. The third-order valence-electron chi connectivity index (χ3n) is 10.8. The molecule has 0 fully saturated rings. The number of nitrogen functional groups attached to an aromatic ring is 1. The summed E-state index contributed by atoms with van der Waals surface area (Å²) in [5, 5.41) is 3.59. The Bertz CT molecular complexity index is 2860. The van der Waals surface area contributed by atoms with Gasteiger partial charge in [0.25, 0.3) is 0 Å². The normalized spacial score (nSPS) is 15.1. The van der Waals surface area contributed by atoms with Gasteiger partial charge in [0.2, 0.25) is 0 Å². The van der Waals surface area contributed by atoms with E-state index in [0.29, 0.717) is 17.5 Å². The van der Waals surface area contributed by atoms with Crippen molar-refractivity contribution < 1.29 is 0 Å². The molecule has 0 radical (unpaired) electrons. The smallest absolute Gasteiger partial charge is 0.164 e. The van der Waals surface area contributed by atoms with Crippen molar-refractivity contribution in [3.8, 4) is 56.4 Å². The Labute approximate surface area is 321 Å². The van der Waals surface area contributed by atoms with Gasteiger partial charge in [0, 0.05) is 47.8 Å². The lowest BCUT2D eigenvalue weighted by atomic mass is 9.67. The first-order chi connectivity index (χ1) is 26.7. The van der Waals surface area contributed by atoms with Gasteiger partial charge in [0.05, 0.1) is 5.41 Å². The average molecular weight is 727 g/mol. The monoisotopic (exact) mass is 726 g/mol. The van der Waals surface area contributed by atoms with Gasteiger partial charge in [0.1, 0.15) is 0 Å². The number of thiophene rings is 1. The van der Waals surface area contributed by atoms with Crippen LogP contribution in [-0.4, -0.2) is 15.0 Å². The number of rotatable bonds is 4. The van der Waals surface area contributed by atoms with Crippen LogP contribution in [0.3, 0.4) is 0 Å². The lowest BCUT2D eigenvalue weighted by molar-refractivity contribution is 0.723. The molecule has 2 N–H and O–H groups in total. The number of fused-ring (bicyclic) bond motifs is 11. The summed E-state index contributed by atoms with van der Waals surface area (Å²) in [6.07, 6.45) is 0. The second-order valence-corrected chi connectivity index (χ2v) is 15.8. The van der Waals surface area contributed by atoms with Gasteiger partial charge in [-0.1, -0.05) is 139 Å². The fourth-order valence-electron chi connectivity index (χ4n) is 8.47. The van der Waals surface area contributed by atoms with Crippen molar-refractivity contribution in [2.24, 2.45) is 0 Å². The molecule has 1 atom stereocenters. The van der Waals surface area contributed by atoms with Crippen molar-refractivity contribution in [1.29, 1.82) is 0 Å². The van der Waals surface area contributed by atoms with E-state index in [4.69, 9.17) is 20.7 Å². The van der Waals surface area contributed by atoms with Crippen LogP contribution in [0.5, 0.6) is 0 Å². The summed E-state index contributed by atoms with van der Waals surface area (Å²) in [6, 6.07) is 58.1. The highest BCUT2D eigenvalue weighted by Gasteiger charge is 2.51. The molecule has 1 aliphatic heterocycles. The molecule has 2 aromatic heterocycles. The zero-order valence-electron chi connectivity index (χ0n) is 28.9. The molecule has 9 aromatic rings. The van der Waals surface area contributed by atoms with Crippen molar-refractivity contribution in [2.45, 2.75) is 15.2 Å². The Balaban J connectivity index is 1.20. The van der Waals surface area contributed by atoms with Gasteiger partial charge in [-0.3, -0.25) is 0 Å². The zero-order valence-corrected chi connectivity index (χ0v) is 30.5. The second kappa shape index (κ2) is 12.1. The number of anilines is 1. The topological polar surface area (TPSA) is 64.7 Å². The molecule has 6 heteroatoms. The molecule has 254 valence electrons. The average Bonchev–Trinajstić information content (AvgIpc) is 3.80. The number of benzene rings is 7. The first kappa shape index (κ1) is 31.2. The predicted octanol–water partition coefficient (Wildman–Crippen LogP) is 12.2.